The number of thiazole rings is 1. The van der Waals surface area contributed by atoms with E-state index in [1.54, 1.807) is 22.4 Å². The van der Waals surface area contributed by atoms with Gasteiger partial charge in [-0.3, -0.25) is 14.9 Å². The normalized spacial score (nSPS) is 18.9. The molecule has 1 aliphatic heterocycles. The number of hydrogen-bond donors (Lipinski definition) is 1. The summed E-state index contributed by atoms with van der Waals surface area (Å²) >= 11 is 1.36. The van der Waals surface area contributed by atoms with Gasteiger partial charge in [-0.05, 0) is 24.0 Å². The molecule has 1 saturated heterocycles. The van der Waals surface area contributed by atoms with Crippen molar-refractivity contribution in [3.63, 3.8) is 0 Å². The van der Waals surface area contributed by atoms with Crippen molar-refractivity contribution >= 4 is 35.3 Å². The van der Waals surface area contributed by atoms with Crippen LogP contribution in [0.5, 0.6) is 0 Å². The molecular weight excluding hydrogens is 376 g/mol. The summed E-state index contributed by atoms with van der Waals surface area (Å²) in [6.45, 7) is 5.38. The van der Waals surface area contributed by atoms with Gasteiger partial charge in [0, 0.05) is 42.2 Å². The number of halogens is 1. The van der Waals surface area contributed by atoms with Crippen LogP contribution < -0.4 is 5.73 Å². The predicted octanol–water partition coefficient (Wildman–Crippen LogP) is 3.34. The third kappa shape index (κ3) is 4.03. The van der Waals surface area contributed by atoms with Gasteiger partial charge in [0.1, 0.15) is 10.7 Å². The molecule has 1 amide bonds. The van der Waals surface area contributed by atoms with Gasteiger partial charge in [-0.1, -0.05) is 13.8 Å². The van der Waals surface area contributed by atoms with E-state index in [9.17, 15) is 14.9 Å². The molecule has 0 spiro atoms. The first-order valence-corrected chi connectivity index (χ1v) is 8.91. The lowest BCUT2D eigenvalue weighted by Gasteiger charge is -2.42. The first kappa shape index (κ1) is 20.3. The molecule has 9 heteroatoms. The van der Waals surface area contributed by atoms with E-state index < -0.39 is 4.92 Å². The molecule has 0 radical (unpaired) electrons. The van der Waals surface area contributed by atoms with Crippen molar-refractivity contribution in [2.45, 2.75) is 26.3 Å². The van der Waals surface area contributed by atoms with Crippen molar-refractivity contribution in [1.82, 2.24) is 9.88 Å². The van der Waals surface area contributed by atoms with Gasteiger partial charge in [-0.25, -0.2) is 4.98 Å². The van der Waals surface area contributed by atoms with Crippen LogP contribution in [0.1, 0.15) is 30.8 Å². The number of piperidine rings is 1. The monoisotopic (exact) mass is 396 g/mol. The van der Waals surface area contributed by atoms with Crippen LogP contribution >= 0.6 is 23.7 Å². The summed E-state index contributed by atoms with van der Waals surface area (Å²) in [5.41, 5.74) is 7.21. The molecular formula is C17H21ClN4O3S. The number of nitrogens with two attached hydrogens (primary N) is 1. The lowest BCUT2D eigenvalue weighted by atomic mass is 9.79. The van der Waals surface area contributed by atoms with Crippen LogP contribution in [0.15, 0.2) is 29.6 Å². The number of hydrogen-bond acceptors (Lipinski definition) is 6. The van der Waals surface area contributed by atoms with Crippen LogP contribution in [0.25, 0.3) is 10.6 Å². The van der Waals surface area contributed by atoms with Crippen molar-refractivity contribution in [3.8, 4) is 10.6 Å². The molecule has 1 unspecified atom stereocenters. The van der Waals surface area contributed by atoms with Gasteiger partial charge < -0.3 is 10.6 Å². The summed E-state index contributed by atoms with van der Waals surface area (Å²) < 4.78 is 0. The number of nitro groups is 1. The molecule has 2 N–H and O–H groups in total. The van der Waals surface area contributed by atoms with E-state index in [0.29, 0.717) is 23.8 Å². The van der Waals surface area contributed by atoms with Gasteiger partial charge >= 0.3 is 0 Å². The quantitative estimate of drug-likeness (QED) is 0.633. The highest BCUT2D eigenvalue weighted by molar-refractivity contribution is 7.13. The van der Waals surface area contributed by atoms with E-state index in [-0.39, 0.29) is 35.5 Å². The Labute approximate surface area is 161 Å². The fourth-order valence-electron chi connectivity index (χ4n) is 2.94. The summed E-state index contributed by atoms with van der Waals surface area (Å²) in [5, 5.41) is 13.1. The smallest absolute Gasteiger partial charge is 0.273 e. The fourth-order valence-corrected chi connectivity index (χ4v) is 3.74. The molecule has 0 saturated carbocycles. The van der Waals surface area contributed by atoms with Crippen LogP contribution in [0.2, 0.25) is 0 Å². The largest absolute Gasteiger partial charge is 0.337 e. The minimum absolute atomic E-state index is 0. The zero-order chi connectivity index (χ0) is 18.2. The predicted molar refractivity (Wildman–Crippen MR) is 104 cm³/mol. The van der Waals surface area contributed by atoms with Crippen molar-refractivity contribution in [2.24, 2.45) is 11.1 Å². The van der Waals surface area contributed by atoms with Crippen LogP contribution in [-0.4, -0.2) is 39.8 Å². The number of rotatable bonds is 3. The summed E-state index contributed by atoms with van der Waals surface area (Å²) in [4.78, 5) is 29.2. The van der Waals surface area contributed by atoms with Gasteiger partial charge in [0.15, 0.2) is 0 Å². The van der Waals surface area contributed by atoms with Crippen LogP contribution in [0.4, 0.5) is 5.69 Å². The van der Waals surface area contributed by atoms with Crippen molar-refractivity contribution in [3.05, 3.63) is 45.5 Å². The minimum atomic E-state index is -0.441. The number of nitrogens with zero attached hydrogens (tertiary/aromatic N) is 3. The molecule has 1 atom stereocenters. The van der Waals surface area contributed by atoms with E-state index in [2.05, 4.69) is 18.8 Å². The topological polar surface area (TPSA) is 102 Å². The first-order valence-electron chi connectivity index (χ1n) is 8.03. The summed E-state index contributed by atoms with van der Waals surface area (Å²) in [7, 11) is 0. The Morgan fingerprint density at radius 3 is 2.62 bits per heavy atom. The highest BCUT2D eigenvalue weighted by atomic mass is 35.5. The molecule has 2 heterocycles. The van der Waals surface area contributed by atoms with Gasteiger partial charge in [-0.2, -0.15) is 0 Å². The highest BCUT2D eigenvalue weighted by Crippen LogP contribution is 2.30. The van der Waals surface area contributed by atoms with Gasteiger partial charge in [-0.15, -0.1) is 23.7 Å². The van der Waals surface area contributed by atoms with Crippen LogP contribution in [0, 0.1) is 15.5 Å². The summed E-state index contributed by atoms with van der Waals surface area (Å²) in [6, 6.07) is 6.25. The Bertz CT molecular complexity index is 807. The Morgan fingerprint density at radius 1 is 1.38 bits per heavy atom. The Morgan fingerprint density at radius 2 is 2.04 bits per heavy atom. The second-order valence-electron chi connectivity index (χ2n) is 6.95. The SMILES string of the molecule is CC1(C)CN(C(=O)c2csc(-c3ccc([N+](=O)[O-])cc3)n2)CCC1N.Cl. The molecule has 1 fully saturated rings. The standard InChI is InChI=1S/C17H20N4O3S.ClH/c1-17(2)10-20(8-7-14(17)18)16(22)13-9-25-15(19-13)11-3-5-12(6-4-11)21(23)24;/h3-6,9,14H,7-8,10,18H2,1-2H3;1H. The van der Waals surface area contributed by atoms with E-state index in [4.69, 9.17) is 5.73 Å². The Balaban J connectivity index is 0.00000243. The van der Waals surface area contributed by atoms with Crippen molar-refractivity contribution in [2.75, 3.05) is 13.1 Å². The second kappa shape index (κ2) is 7.69. The summed E-state index contributed by atoms with van der Waals surface area (Å²) in [5.74, 6) is -0.0932. The number of non-ortho nitro benzene ring substituents is 1. The number of carbonyl (C=O) groups is 1. The van der Waals surface area contributed by atoms with E-state index in [1.165, 1.54) is 23.5 Å². The van der Waals surface area contributed by atoms with Crippen molar-refractivity contribution in [1.29, 1.82) is 0 Å². The molecule has 1 aliphatic rings. The fraction of sp³-hybridized carbons (Fsp3) is 0.412. The maximum Gasteiger partial charge on any atom is 0.273 e. The van der Waals surface area contributed by atoms with Crippen LogP contribution in [0.3, 0.4) is 0 Å². The Hall–Kier alpha value is -2.03. The minimum Gasteiger partial charge on any atom is -0.337 e. The Kier molecular flexibility index (Phi) is 6.00. The lowest BCUT2D eigenvalue weighted by molar-refractivity contribution is -0.384. The van der Waals surface area contributed by atoms with E-state index in [1.807, 2.05) is 0 Å². The lowest BCUT2D eigenvalue weighted by Crippen LogP contribution is -2.54. The molecule has 7 nitrogen and oxygen atoms in total. The number of aromatic nitrogens is 1. The molecule has 2 aromatic rings. The average Bonchev–Trinajstić information content (AvgIpc) is 3.06. The molecule has 26 heavy (non-hydrogen) atoms. The molecule has 140 valence electrons. The highest BCUT2D eigenvalue weighted by Gasteiger charge is 2.36. The molecule has 1 aromatic carbocycles. The first-order chi connectivity index (χ1) is 11.8. The molecule has 1 aromatic heterocycles. The number of amides is 1. The molecule has 0 aliphatic carbocycles. The number of likely N-dealkylation sites (tertiary alicyclic amines) is 1. The number of nitro benzene ring substituents is 1. The third-order valence-corrected chi connectivity index (χ3v) is 5.54. The van der Waals surface area contributed by atoms with Gasteiger partial charge in [0.05, 0.1) is 4.92 Å². The van der Waals surface area contributed by atoms with E-state index in [0.717, 1.165) is 12.0 Å². The van der Waals surface area contributed by atoms with Gasteiger partial charge in [0.25, 0.3) is 11.6 Å². The molecule has 0 bridgehead atoms. The zero-order valence-electron chi connectivity index (χ0n) is 14.5. The van der Waals surface area contributed by atoms with Gasteiger partial charge in [0.2, 0.25) is 0 Å². The average molecular weight is 397 g/mol. The maximum atomic E-state index is 12.7. The second-order valence-corrected chi connectivity index (χ2v) is 7.81. The zero-order valence-corrected chi connectivity index (χ0v) is 16.2. The third-order valence-electron chi connectivity index (χ3n) is 4.65. The summed E-state index contributed by atoms with van der Waals surface area (Å²) in [6.07, 6.45) is 0.776. The maximum absolute atomic E-state index is 12.7. The number of benzene rings is 1. The molecule has 3 rings (SSSR count). The van der Waals surface area contributed by atoms with E-state index >= 15 is 0 Å². The van der Waals surface area contributed by atoms with Crippen LogP contribution in [-0.2, 0) is 0 Å². The number of carbonyl (C=O) groups excluding carboxylic acids is 1. The van der Waals surface area contributed by atoms with Crippen molar-refractivity contribution < 1.29 is 9.72 Å².